The average Bonchev–Trinajstić information content (AvgIpc) is 3.28. The molecule has 9 nitrogen and oxygen atoms in total. The van der Waals surface area contributed by atoms with Gasteiger partial charge in [0.05, 0.1) is 19.3 Å². The number of hydrogen-bond donors (Lipinski definition) is 2. The maximum atomic E-state index is 13.1. The van der Waals surface area contributed by atoms with Crippen molar-refractivity contribution in [1.82, 2.24) is 20.4 Å². The Morgan fingerprint density at radius 2 is 2.06 bits per heavy atom. The Morgan fingerprint density at radius 1 is 1.29 bits per heavy atom. The zero-order valence-electron chi connectivity index (χ0n) is 18.3. The molecule has 1 aliphatic carbocycles. The van der Waals surface area contributed by atoms with Crippen molar-refractivity contribution in [2.24, 2.45) is 5.92 Å². The first-order chi connectivity index (χ1) is 14.9. The van der Waals surface area contributed by atoms with Crippen molar-refractivity contribution < 1.29 is 23.5 Å². The number of aryl methyl sites for hydroxylation is 1. The number of ether oxygens (including phenoxy) is 1. The summed E-state index contributed by atoms with van der Waals surface area (Å²) in [6, 6.07) is 3.23. The van der Waals surface area contributed by atoms with Crippen LogP contribution in [0.5, 0.6) is 0 Å². The molecule has 2 N–H and O–H groups in total. The molecule has 1 aromatic rings. The minimum Gasteiger partial charge on any atom is -0.465 e. The highest BCUT2D eigenvalue weighted by atomic mass is 16.5. The number of imide groups is 1. The molecule has 31 heavy (non-hydrogen) atoms. The van der Waals surface area contributed by atoms with Crippen molar-refractivity contribution >= 4 is 17.8 Å². The van der Waals surface area contributed by atoms with Crippen LogP contribution in [0.3, 0.4) is 0 Å². The summed E-state index contributed by atoms with van der Waals surface area (Å²) in [7, 11) is 0. The number of hydrogen-bond acceptors (Lipinski definition) is 6. The van der Waals surface area contributed by atoms with Gasteiger partial charge in [-0.25, -0.2) is 4.79 Å². The molecule has 4 rings (SSSR count). The molecule has 1 spiro atoms. The number of furan rings is 1. The van der Waals surface area contributed by atoms with Crippen LogP contribution in [-0.2, 0) is 14.3 Å². The van der Waals surface area contributed by atoms with Gasteiger partial charge in [-0.05, 0) is 37.8 Å². The van der Waals surface area contributed by atoms with E-state index >= 15 is 0 Å². The third-order valence-electron chi connectivity index (χ3n) is 6.87. The molecular weight excluding hydrogens is 400 g/mol. The van der Waals surface area contributed by atoms with Crippen LogP contribution >= 0.6 is 0 Å². The zero-order valence-corrected chi connectivity index (χ0v) is 18.3. The van der Waals surface area contributed by atoms with Crippen LogP contribution in [-0.4, -0.2) is 72.6 Å². The van der Waals surface area contributed by atoms with Crippen LogP contribution in [0.1, 0.15) is 50.2 Å². The third kappa shape index (κ3) is 4.34. The van der Waals surface area contributed by atoms with Gasteiger partial charge in [0.1, 0.15) is 23.6 Å². The Hall–Kier alpha value is -2.39. The minimum atomic E-state index is -0.850. The molecule has 1 aromatic heterocycles. The lowest BCUT2D eigenvalue weighted by Gasteiger charge is -2.36. The van der Waals surface area contributed by atoms with Gasteiger partial charge in [0, 0.05) is 19.6 Å². The zero-order chi connectivity index (χ0) is 22.0. The molecule has 3 heterocycles. The topological polar surface area (TPSA) is 104 Å². The highest BCUT2D eigenvalue weighted by Gasteiger charge is 2.55. The SMILES string of the molecule is Cc1ccc(C(CNC(=O)CN2C(=O)NC3(CCCCC3C)C2=O)N2CCOCC2)o1. The Bertz CT molecular complexity index is 834. The van der Waals surface area contributed by atoms with Crippen molar-refractivity contribution in [3.8, 4) is 0 Å². The molecule has 3 atom stereocenters. The van der Waals surface area contributed by atoms with E-state index in [0.717, 1.165) is 48.8 Å². The average molecular weight is 433 g/mol. The van der Waals surface area contributed by atoms with Gasteiger partial charge in [-0.2, -0.15) is 0 Å². The van der Waals surface area contributed by atoms with Gasteiger partial charge in [0.25, 0.3) is 5.91 Å². The van der Waals surface area contributed by atoms with E-state index in [0.29, 0.717) is 26.2 Å². The van der Waals surface area contributed by atoms with Gasteiger partial charge in [-0.15, -0.1) is 0 Å². The number of carbonyl (C=O) groups excluding carboxylic acids is 3. The number of urea groups is 1. The van der Waals surface area contributed by atoms with E-state index < -0.39 is 11.6 Å². The standard InChI is InChI=1S/C22H32N4O5/c1-15-5-3-4-8-22(15)20(28)26(21(29)24-22)14-19(27)23-13-17(18-7-6-16(2)31-18)25-9-11-30-12-10-25/h6-7,15,17H,3-5,8-14H2,1-2H3,(H,23,27)(H,24,29). The van der Waals surface area contributed by atoms with E-state index in [9.17, 15) is 14.4 Å². The molecule has 9 heteroatoms. The fraction of sp³-hybridized carbons (Fsp3) is 0.682. The Morgan fingerprint density at radius 3 is 2.74 bits per heavy atom. The lowest BCUT2D eigenvalue weighted by Crippen LogP contribution is -2.54. The van der Waals surface area contributed by atoms with Gasteiger partial charge < -0.3 is 19.8 Å². The maximum Gasteiger partial charge on any atom is 0.325 e. The van der Waals surface area contributed by atoms with Gasteiger partial charge in [-0.3, -0.25) is 19.4 Å². The monoisotopic (exact) mass is 432 g/mol. The highest BCUT2D eigenvalue weighted by molar-refractivity contribution is 6.09. The number of nitrogens with one attached hydrogen (secondary N) is 2. The fourth-order valence-electron chi connectivity index (χ4n) is 4.98. The summed E-state index contributed by atoms with van der Waals surface area (Å²) in [5.41, 5.74) is -0.850. The molecule has 2 saturated heterocycles. The Balaban J connectivity index is 1.39. The van der Waals surface area contributed by atoms with E-state index in [4.69, 9.17) is 9.15 Å². The minimum absolute atomic E-state index is 0.0682. The summed E-state index contributed by atoms with van der Waals surface area (Å²) in [5, 5.41) is 5.79. The van der Waals surface area contributed by atoms with Crippen molar-refractivity contribution in [2.45, 2.75) is 51.1 Å². The highest BCUT2D eigenvalue weighted by Crippen LogP contribution is 2.38. The summed E-state index contributed by atoms with van der Waals surface area (Å²) < 4.78 is 11.3. The fourth-order valence-corrected chi connectivity index (χ4v) is 4.98. The van der Waals surface area contributed by atoms with E-state index in [-0.39, 0.29) is 30.3 Å². The largest absolute Gasteiger partial charge is 0.465 e. The molecule has 0 bridgehead atoms. The Kier molecular flexibility index (Phi) is 6.34. The first-order valence-electron chi connectivity index (χ1n) is 11.2. The second-order valence-corrected chi connectivity index (χ2v) is 8.86. The van der Waals surface area contributed by atoms with Gasteiger partial charge >= 0.3 is 6.03 Å². The molecular formula is C22H32N4O5. The van der Waals surface area contributed by atoms with Crippen LogP contribution in [0.4, 0.5) is 4.79 Å². The first-order valence-corrected chi connectivity index (χ1v) is 11.2. The maximum absolute atomic E-state index is 13.1. The van der Waals surface area contributed by atoms with E-state index in [1.165, 1.54) is 0 Å². The van der Waals surface area contributed by atoms with Crippen LogP contribution < -0.4 is 10.6 Å². The van der Waals surface area contributed by atoms with Gasteiger partial charge in [0.15, 0.2) is 0 Å². The van der Waals surface area contributed by atoms with Crippen LogP contribution in [0.2, 0.25) is 0 Å². The number of morpholine rings is 1. The quantitative estimate of drug-likeness (QED) is 0.662. The molecule has 3 unspecified atom stereocenters. The van der Waals surface area contributed by atoms with Gasteiger partial charge in [-0.1, -0.05) is 19.8 Å². The molecule has 0 radical (unpaired) electrons. The lowest BCUT2D eigenvalue weighted by molar-refractivity contribution is -0.137. The lowest BCUT2D eigenvalue weighted by atomic mass is 9.73. The van der Waals surface area contributed by atoms with Crippen LogP contribution in [0, 0.1) is 12.8 Å². The summed E-state index contributed by atoms with van der Waals surface area (Å²) in [6.45, 7) is 6.70. The predicted octanol–water partition coefficient (Wildman–Crippen LogP) is 1.58. The molecule has 3 aliphatic rings. The van der Waals surface area contributed by atoms with E-state index in [1.54, 1.807) is 0 Å². The normalized spacial score (nSPS) is 28.1. The first kappa shape index (κ1) is 21.8. The van der Waals surface area contributed by atoms with E-state index in [2.05, 4.69) is 15.5 Å². The summed E-state index contributed by atoms with van der Waals surface area (Å²) >= 11 is 0. The van der Waals surface area contributed by atoms with Crippen LogP contribution in [0.15, 0.2) is 16.5 Å². The molecule has 4 amide bonds. The van der Waals surface area contributed by atoms with E-state index in [1.807, 2.05) is 26.0 Å². The summed E-state index contributed by atoms with van der Waals surface area (Å²) in [6.07, 6.45) is 3.49. The predicted molar refractivity (Wildman–Crippen MR) is 112 cm³/mol. The van der Waals surface area contributed by atoms with Crippen molar-refractivity contribution in [3.63, 3.8) is 0 Å². The second-order valence-electron chi connectivity index (χ2n) is 8.86. The smallest absolute Gasteiger partial charge is 0.325 e. The number of rotatable bonds is 6. The van der Waals surface area contributed by atoms with Crippen molar-refractivity contribution in [3.05, 3.63) is 23.7 Å². The number of amides is 4. The third-order valence-corrected chi connectivity index (χ3v) is 6.87. The second kappa shape index (κ2) is 9.00. The summed E-state index contributed by atoms with van der Waals surface area (Å²) in [5.74, 6) is 1.03. The summed E-state index contributed by atoms with van der Waals surface area (Å²) in [4.78, 5) is 41.6. The Labute approximate surface area is 182 Å². The molecule has 0 aromatic carbocycles. The molecule has 170 valence electrons. The number of carbonyl (C=O) groups is 3. The van der Waals surface area contributed by atoms with Crippen molar-refractivity contribution in [1.29, 1.82) is 0 Å². The van der Waals surface area contributed by atoms with Gasteiger partial charge in [0.2, 0.25) is 5.91 Å². The molecule has 2 aliphatic heterocycles. The van der Waals surface area contributed by atoms with Crippen molar-refractivity contribution in [2.75, 3.05) is 39.4 Å². The number of nitrogens with zero attached hydrogens (tertiary/aromatic N) is 2. The molecule has 3 fully saturated rings. The van der Waals surface area contributed by atoms with Crippen LogP contribution in [0.25, 0.3) is 0 Å². The molecule has 1 saturated carbocycles.